The molecule has 1 atom stereocenters. The summed E-state index contributed by atoms with van der Waals surface area (Å²) in [6, 6.07) is 8.79. The third kappa shape index (κ3) is 3.55. The van der Waals surface area contributed by atoms with Gasteiger partial charge in [-0.2, -0.15) is 0 Å². The molecule has 2 rings (SSSR count). The van der Waals surface area contributed by atoms with E-state index in [1.165, 1.54) is 6.07 Å². The van der Waals surface area contributed by atoms with Gasteiger partial charge in [0, 0.05) is 11.6 Å². The molecule has 0 aliphatic rings. The first kappa shape index (κ1) is 15.4. The Morgan fingerprint density at radius 2 is 1.67 bits per heavy atom. The highest BCUT2D eigenvalue weighted by Gasteiger charge is 2.18. The zero-order valence-electron chi connectivity index (χ0n) is 11.6. The van der Waals surface area contributed by atoms with Crippen molar-refractivity contribution >= 4 is 0 Å². The lowest BCUT2D eigenvalue weighted by Gasteiger charge is -2.13. The molecule has 0 bridgehead atoms. The molecule has 0 aliphatic heterocycles. The second-order valence-electron chi connectivity index (χ2n) is 4.76. The van der Waals surface area contributed by atoms with Crippen molar-refractivity contribution in [3.05, 3.63) is 65.0 Å². The van der Waals surface area contributed by atoms with Crippen LogP contribution in [0, 0.1) is 17.5 Å². The van der Waals surface area contributed by atoms with Crippen molar-refractivity contribution in [1.29, 1.82) is 0 Å². The lowest BCUT2D eigenvalue weighted by Crippen LogP contribution is -2.14. The van der Waals surface area contributed by atoms with Crippen LogP contribution in [0.25, 0.3) is 0 Å². The number of methoxy groups -OCH3 is 1. The van der Waals surface area contributed by atoms with Gasteiger partial charge in [0.15, 0.2) is 17.5 Å². The van der Waals surface area contributed by atoms with Gasteiger partial charge in [-0.05, 0) is 36.6 Å². The summed E-state index contributed by atoms with van der Waals surface area (Å²) >= 11 is 0. The predicted molar refractivity (Wildman–Crippen MR) is 74.6 cm³/mol. The van der Waals surface area contributed by atoms with Crippen LogP contribution in [0.3, 0.4) is 0 Å². The molecule has 0 amide bonds. The summed E-state index contributed by atoms with van der Waals surface area (Å²) in [6.45, 7) is 0. The van der Waals surface area contributed by atoms with Gasteiger partial charge in [0.1, 0.15) is 5.75 Å². The second-order valence-corrected chi connectivity index (χ2v) is 4.76. The third-order valence-electron chi connectivity index (χ3n) is 3.37. The fraction of sp³-hybridized carbons (Fsp3) is 0.250. The average Bonchev–Trinajstić information content (AvgIpc) is 2.51. The van der Waals surface area contributed by atoms with E-state index >= 15 is 0 Å². The fourth-order valence-electron chi connectivity index (χ4n) is 2.10. The summed E-state index contributed by atoms with van der Waals surface area (Å²) in [5, 5.41) is 0. The van der Waals surface area contributed by atoms with Gasteiger partial charge in [0.2, 0.25) is 0 Å². The third-order valence-corrected chi connectivity index (χ3v) is 3.37. The smallest absolute Gasteiger partial charge is 0.194 e. The molecule has 0 saturated heterocycles. The summed E-state index contributed by atoms with van der Waals surface area (Å²) < 4.78 is 44.7. The molecular weight excluding hydrogens is 279 g/mol. The molecule has 0 aromatic heterocycles. The highest BCUT2D eigenvalue weighted by Crippen LogP contribution is 2.23. The molecule has 2 N–H and O–H groups in total. The van der Waals surface area contributed by atoms with Gasteiger partial charge in [0.25, 0.3) is 0 Å². The van der Waals surface area contributed by atoms with Crippen LogP contribution >= 0.6 is 0 Å². The Bertz CT molecular complexity index is 614. The van der Waals surface area contributed by atoms with Gasteiger partial charge >= 0.3 is 0 Å². The first-order valence-corrected chi connectivity index (χ1v) is 6.55. The van der Waals surface area contributed by atoms with E-state index < -0.39 is 23.5 Å². The van der Waals surface area contributed by atoms with Crippen LogP contribution in [-0.2, 0) is 6.42 Å². The van der Waals surface area contributed by atoms with Gasteiger partial charge in [-0.3, -0.25) is 0 Å². The Hall–Kier alpha value is -2.01. The maximum atomic E-state index is 13.6. The quantitative estimate of drug-likeness (QED) is 0.853. The predicted octanol–water partition coefficient (Wildman–Crippen LogP) is 3.75. The molecule has 0 aliphatic carbocycles. The van der Waals surface area contributed by atoms with Crippen LogP contribution < -0.4 is 10.5 Å². The highest BCUT2D eigenvalue weighted by atomic mass is 19.2. The Balaban J connectivity index is 2.04. The number of aryl methyl sites for hydroxylation is 1. The van der Waals surface area contributed by atoms with E-state index in [-0.39, 0.29) is 5.56 Å². The van der Waals surface area contributed by atoms with Crippen molar-refractivity contribution in [3.63, 3.8) is 0 Å². The molecule has 0 saturated carbocycles. The van der Waals surface area contributed by atoms with Crippen LogP contribution in [0.5, 0.6) is 5.75 Å². The standard InChI is InChI=1S/C16H16F3NO/c1-21-11-5-2-10(3-6-11)4-9-14(20)12-7-8-13(17)16(19)15(12)18/h2-3,5-8,14H,4,9,20H2,1H3. The molecule has 0 radical (unpaired) electrons. The molecule has 0 fully saturated rings. The van der Waals surface area contributed by atoms with Crippen molar-refractivity contribution < 1.29 is 17.9 Å². The van der Waals surface area contributed by atoms with Crippen LogP contribution in [0.4, 0.5) is 13.2 Å². The van der Waals surface area contributed by atoms with Gasteiger partial charge in [-0.15, -0.1) is 0 Å². The molecule has 1 unspecified atom stereocenters. The van der Waals surface area contributed by atoms with Crippen LogP contribution in [-0.4, -0.2) is 7.11 Å². The van der Waals surface area contributed by atoms with Crippen molar-refractivity contribution in [1.82, 2.24) is 0 Å². The van der Waals surface area contributed by atoms with Crippen LogP contribution in [0.15, 0.2) is 36.4 Å². The Kier molecular flexibility index (Phi) is 4.85. The van der Waals surface area contributed by atoms with Gasteiger partial charge < -0.3 is 10.5 Å². The lowest BCUT2D eigenvalue weighted by atomic mass is 9.99. The van der Waals surface area contributed by atoms with Crippen molar-refractivity contribution in [2.75, 3.05) is 7.11 Å². The van der Waals surface area contributed by atoms with Gasteiger partial charge in [-0.25, -0.2) is 13.2 Å². The van der Waals surface area contributed by atoms with E-state index in [4.69, 9.17) is 10.5 Å². The minimum absolute atomic E-state index is 0.0117. The van der Waals surface area contributed by atoms with E-state index in [2.05, 4.69) is 0 Å². The number of ether oxygens (including phenoxy) is 1. The normalized spacial score (nSPS) is 12.2. The van der Waals surface area contributed by atoms with E-state index in [9.17, 15) is 13.2 Å². The number of hydrogen-bond acceptors (Lipinski definition) is 2. The number of hydrogen-bond donors (Lipinski definition) is 1. The van der Waals surface area contributed by atoms with Crippen LogP contribution in [0.2, 0.25) is 0 Å². The topological polar surface area (TPSA) is 35.2 Å². The molecule has 0 heterocycles. The summed E-state index contributed by atoms with van der Waals surface area (Å²) in [4.78, 5) is 0. The SMILES string of the molecule is COc1ccc(CCC(N)c2ccc(F)c(F)c2F)cc1. The minimum Gasteiger partial charge on any atom is -0.497 e. The number of nitrogens with two attached hydrogens (primary N) is 1. The molecule has 21 heavy (non-hydrogen) atoms. The molecule has 2 nitrogen and oxygen atoms in total. The average molecular weight is 295 g/mol. The molecule has 5 heteroatoms. The number of benzene rings is 2. The Morgan fingerprint density at radius 1 is 1.00 bits per heavy atom. The molecule has 112 valence electrons. The Labute approximate surface area is 121 Å². The van der Waals surface area contributed by atoms with E-state index in [0.29, 0.717) is 12.8 Å². The summed E-state index contributed by atoms with van der Waals surface area (Å²) in [5.41, 5.74) is 6.86. The first-order chi connectivity index (χ1) is 10.0. The lowest BCUT2D eigenvalue weighted by molar-refractivity contribution is 0.414. The van der Waals surface area contributed by atoms with E-state index in [0.717, 1.165) is 17.4 Å². The highest BCUT2D eigenvalue weighted by molar-refractivity contribution is 5.28. The minimum atomic E-state index is -1.48. The number of halogens is 3. The van der Waals surface area contributed by atoms with Gasteiger partial charge in [-0.1, -0.05) is 18.2 Å². The van der Waals surface area contributed by atoms with Crippen LogP contribution in [0.1, 0.15) is 23.6 Å². The van der Waals surface area contributed by atoms with Gasteiger partial charge in [0.05, 0.1) is 7.11 Å². The van der Waals surface area contributed by atoms with Crippen molar-refractivity contribution in [2.45, 2.75) is 18.9 Å². The number of rotatable bonds is 5. The fourth-order valence-corrected chi connectivity index (χ4v) is 2.10. The monoisotopic (exact) mass is 295 g/mol. The zero-order chi connectivity index (χ0) is 15.4. The van der Waals surface area contributed by atoms with Crippen molar-refractivity contribution in [3.8, 4) is 5.75 Å². The van der Waals surface area contributed by atoms with Crippen molar-refractivity contribution in [2.24, 2.45) is 5.73 Å². The largest absolute Gasteiger partial charge is 0.497 e. The molecule has 0 spiro atoms. The van der Waals surface area contributed by atoms with E-state index in [1.807, 2.05) is 24.3 Å². The zero-order valence-corrected chi connectivity index (χ0v) is 11.6. The Morgan fingerprint density at radius 3 is 2.29 bits per heavy atom. The molecular formula is C16H16F3NO. The maximum Gasteiger partial charge on any atom is 0.194 e. The molecule has 2 aromatic rings. The maximum absolute atomic E-state index is 13.6. The second kappa shape index (κ2) is 6.63. The van der Waals surface area contributed by atoms with E-state index in [1.54, 1.807) is 7.11 Å². The first-order valence-electron chi connectivity index (χ1n) is 6.55. The summed E-state index contributed by atoms with van der Waals surface area (Å²) in [5.74, 6) is -3.15. The summed E-state index contributed by atoms with van der Waals surface area (Å²) in [6.07, 6.45) is 1.03. The summed E-state index contributed by atoms with van der Waals surface area (Å²) in [7, 11) is 1.58. The molecule has 2 aromatic carbocycles.